The smallest absolute Gasteiger partial charge is 0.311 e. The van der Waals surface area contributed by atoms with Gasteiger partial charge in [-0.3, -0.25) is 14.9 Å². The van der Waals surface area contributed by atoms with E-state index >= 15 is 0 Å². The number of aryl methyl sites for hydroxylation is 1. The van der Waals surface area contributed by atoms with Gasteiger partial charge in [-0.25, -0.2) is 5.43 Å². The van der Waals surface area contributed by atoms with Crippen LogP contribution in [0.5, 0.6) is 11.5 Å². The Hall–Kier alpha value is -3.42. The fraction of sp³-hybridized carbons (Fsp3) is 0.222. The fourth-order valence-electron chi connectivity index (χ4n) is 2.28. The zero-order valence-corrected chi connectivity index (χ0v) is 14.5. The van der Waals surface area contributed by atoms with Gasteiger partial charge in [0.2, 0.25) is 11.7 Å². The SMILES string of the molecule is COc1cc(OC)c([N+](=O)[O-])cc1/C=N\NC(=O)CCc1ccccc1. The Labute approximate surface area is 150 Å². The predicted molar refractivity (Wildman–Crippen MR) is 96.7 cm³/mol. The van der Waals surface area contributed by atoms with Crippen LogP contribution in [0.25, 0.3) is 0 Å². The van der Waals surface area contributed by atoms with E-state index in [1.165, 1.54) is 32.6 Å². The molecule has 2 aromatic rings. The summed E-state index contributed by atoms with van der Waals surface area (Å²) in [6, 6.07) is 12.3. The molecular weight excluding hydrogens is 338 g/mol. The third-order valence-electron chi connectivity index (χ3n) is 3.60. The number of methoxy groups -OCH3 is 2. The number of nitrogens with one attached hydrogen (secondary N) is 1. The zero-order chi connectivity index (χ0) is 18.9. The molecule has 1 N–H and O–H groups in total. The average molecular weight is 357 g/mol. The standard InChI is InChI=1S/C18H19N3O5/c1-25-16-11-17(26-2)15(21(23)24)10-14(16)12-19-20-18(22)9-8-13-6-4-3-5-7-13/h3-7,10-12H,8-9H2,1-2H3,(H,20,22)/b19-12-. The highest BCUT2D eigenvalue weighted by Gasteiger charge is 2.18. The van der Waals surface area contributed by atoms with E-state index in [0.717, 1.165) is 5.56 Å². The van der Waals surface area contributed by atoms with Crippen LogP contribution in [-0.2, 0) is 11.2 Å². The normalized spacial score (nSPS) is 10.5. The molecule has 0 bridgehead atoms. The Bertz CT molecular complexity index is 806. The second-order valence-electron chi connectivity index (χ2n) is 5.30. The van der Waals surface area contributed by atoms with Gasteiger partial charge >= 0.3 is 5.69 Å². The summed E-state index contributed by atoms with van der Waals surface area (Å²) < 4.78 is 10.2. The average Bonchev–Trinajstić information content (AvgIpc) is 2.66. The van der Waals surface area contributed by atoms with Gasteiger partial charge in [0.25, 0.3) is 0 Å². The Morgan fingerprint density at radius 2 is 1.88 bits per heavy atom. The van der Waals surface area contributed by atoms with Crippen molar-refractivity contribution in [2.75, 3.05) is 14.2 Å². The van der Waals surface area contributed by atoms with E-state index in [4.69, 9.17) is 9.47 Å². The number of hydrogen-bond acceptors (Lipinski definition) is 6. The number of carbonyl (C=O) groups is 1. The summed E-state index contributed by atoms with van der Waals surface area (Å²) in [5.74, 6) is 0.165. The number of ether oxygens (including phenoxy) is 2. The number of hydrogen-bond donors (Lipinski definition) is 1. The molecule has 2 aromatic carbocycles. The molecule has 26 heavy (non-hydrogen) atoms. The molecule has 0 atom stereocenters. The molecule has 8 heteroatoms. The van der Waals surface area contributed by atoms with E-state index in [0.29, 0.717) is 17.7 Å². The van der Waals surface area contributed by atoms with Gasteiger partial charge in [0.05, 0.1) is 25.4 Å². The molecule has 0 unspecified atom stereocenters. The first kappa shape index (κ1) is 18.9. The van der Waals surface area contributed by atoms with Crippen LogP contribution < -0.4 is 14.9 Å². The van der Waals surface area contributed by atoms with Gasteiger partial charge < -0.3 is 9.47 Å². The van der Waals surface area contributed by atoms with Crippen LogP contribution in [0.15, 0.2) is 47.6 Å². The molecule has 1 amide bonds. The Morgan fingerprint density at radius 1 is 1.19 bits per heavy atom. The summed E-state index contributed by atoms with van der Waals surface area (Å²) in [5, 5.41) is 15.0. The van der Waals surface area contributed by atoms with Crippen molar-refractivity contribution in [2.24, 2.45) is 5.10 Å². The van der Waals surface area contributed by atoms with Gasteiger partial charge in [-0.05, 0) is 12.0 Å². The lowest BCUT2D eigenvalue weighted by atomic mass is 10.1. The van der Waals surface area contributed by atoms with E-state index in [2.05, 4.69) is 10.5 Å². The molecule has 0 aromatic heterocycles. The van der Waals surface area contributed by atoms with Gasteiger partial charge in [0.15, 0.2) is 0 Å². The van der Waals surface area contributed by atoms with E-state index in [9.17, 15) is 14.9 Å². The summed E-state index contributed by atoms with van der Waals surface area (Å²) in [4.78, 5) is 22.4. The summed E-state index contributed by atoms with van der Waals surface area (Å²) >= 11 is 0. The first-order valence-electron chi connectivity index (χ1n) is 7.81. The second kappa shape index (κ2) is 9.16. The zero-order valence-electron chi connectivity index (χ0n) is 14.5. The summed E-state index contributed by atoms with van der Waals surface area (Å²) in [5.41, 5.74) is 3.59. The highest BCUT2D eigenvalue weighted by atomic mass is 16.6. The third-order valence-corrected chi connectivity index (χ3v) is 3.60. The van der Waals surface area contributed by atoms with Gasteiger partial charge in [-0.1, -0.05) is 30.3 Å². The number of nitro benzene ring substituents is 1. The van der Waals surface area contributed by atoms with E-state index in [1.807, 2.05) is 30.3 Å². The lowest BCUT2D eigenvalue weighted by molar-refractivity contribution is -0.385. The molecule has 0 fully saturated rings. The second-order valence-corrected chi connectivity index (χ2v) is 5.30. The Balaban J connectivity index is 2.03. The van der Waals surface area contributed by atoms with Crippen molar-refractivity contribution in [3.63, 3.8) is 0 Å². The molecule has 2 rings (SSSR count). The molecule has 136 valence electrons. The number of rotatable bonds is 8. The number of benzene rings is 2. The van der Waals surface area contributed by atoms with Crippen molar-refractivity contribution in [2.45, 2.75) is 12.8 Å². The molecule has 0 aliphatic carbocycles. The number of carbonyl (C=O) groups excluding carboxylic acids is 1. The highest BCUT2D eigenvalue weighted by molar-refractivity contribution is 5.87. The fourth-order valence-corrected chi connectivity index (χ4v) is 2.28. The molecule has 0 aliphatic rings. The van der Waals surface area contributed by atoms with E-state index in [-0.39, 0.29) is 23.8 Å². The molecule has 0 aliphatic heterocycles. The minimum absolute atomic E-state index is 0.0795. The van der Waals surface area contributed by atoms with Crippen LogP contribution in [-0.4, -0.2) is 31.3 Å². The minimum atomic E-state index is -0.561. The molecular formula is C18H19N3O5. The maximum atomic E-state index is 11.9. The minimum Gasteiger partial charge on any atom is -0.496 e. The maximum absolute atomic E-state index is 11.9. The van der Waals surface area contributed by atoms with Gasteiger partial charge in [0.1, 0.15) is 5.75 Å². The molecule has 0 saturated carbocycles. The largest absolute Gasteiger partial charge is 0.496 e. The molecule has 0 spiro atoms. The predicted octanol–water partition coefficient (Wildman–Crippen LogP) is 2.69. The van der Waals surface area contributed by atoms with Crippen LogP contribution >= 0.6 is 0 Å². The summed E-state index contributed by atoms with van der Waals surface area (Å²) in [7, 11) is 2.76. The Kier molecular flexibility index (Phi) is 6.67. The highest BCUT2D eigenvalue weighted by Crippen LogP contribution is 2.33. The number of hydrazone groups is 1. The lowest BCUT2D eigenvalue weighted by Crippen LogP contribution is -2.18. The number of amides is 1. The van der Waals surface area contributed by atoms with Crippen LogP contribution in [0, 0.1) is 10.1 Å². The Morgan fingerprint density at radius 3 is 2.50 bits per heavy atom. The molecule has 0 radical (unpaired) electrons. The first-order chi connectivity index (χ1) is 12.5. The van der Waals surface area contributed by atoms with Crippen molar-refractivity contribution >= 4 is 17.8 Å². The van der Waals surface area contributed by atoms with E-state index < -0.39 is 4.92 Å². The van der Waals surface area contributed by atoms with Crippen molar-refractivity contribution in [1.29, 1.82) is 0 Å². The molecule has 0 saturated heterocycles. The van der Waals surface area contributed by atoms with Gasteiger partial charge in [-0.2, -0.15) is 5.10 Å². The number of nitrogens with zero attached hydrogens (tertiary/aromatic N) is 2. The quantitative estimate of drug-likeness (QED) is 0.444. The molecule has 0 heterocycles. The van der Waals surface area contributed by atoms with Crippen LogP contribution in [0.4, 0.5) is 5.69 Å². The third kappa shape index (κ3) is 5.04. The monoisotopic (exact) mass is 357 g/mol. The van der Waals surface area contributed by atoms with Gasteiger partial charge in [-0.15, -0.1) is 0 Å². The molecule has 8 nitrogen and oxygen atoms in total. The lowest BCUT2D eigenvalue weighted by Gasteiger charge is -2.08. The van der Waals surface area contributed by atoms with Crippen molar-refractivity contribution < 1.29 is 19.2 Å². The van der Waals surface area contributed by atoms with Crippen LogP contribution in [0.3, 0.4) is 0 Å². The van der Waals surface area contributed by atoms with Crippen molar-refractivity contribution in [1.82, 2.24) is 5.43 Å². The van der Waals surface area contributed by atoms with Crippen molar-refractivity contribution in [3.05, 3.63) is 63.7 Å². The summed E-state index contributed by atoms with van der Waals surface area (Å²) in [6.45, 7) is 0. The van der Waals surface area contributed by atoms with Crippen LogP contribution in [0.2, 0.25) is 0 Å². The maximum Gasteiger partial charge on any atom is 0.311 e. The number of nitro groups is 1. The van der Waals surface area contributed by atoms with E-state index in [1.54, 1.807) is 0 Å². The topological polar surface area (TPSA) is 103 Å². The van der Waals surface area contributed by atoms with Crippen molar-refractivity contribution in [3.8, 4) is 11.5 Å². The first-order valence-corrected chi connectivity index (χ1v) is 7.81. The van der Waals surface area contributed by atoms with Crippen LogP contribution in [0.1, 0.15) is 17.5 Å². The summed E-state index contributed by atoms with van der Waals surface area (Å²) in [6.07, 6.45) is 2.17. The van der Waals surface area contributed by atoms with Gasteiger partial charge in [0, 0.05) is 24.1 Å².